The van der Waals surface area contributed by atoms with Gasteiger partial charge in [0.05, 0.1) is 19.3 Å². The number of ether oxygens (including phenoxy) is 2. The number of piperidine rings is 1. The average molecular weight is 530 g/mol. The van der Waals surface area contributed by atoms with E-state index in [9.17, 15) is 22.8 Å². The molecule has 37 heavy (non-hydrogen) atoms. The van der Waals surface area contributed by atoms with Gasteiger partial charge in [-0.15, -0.1) is 0 Å². The minimum Gasteiger partial charge on any atom is -0.484 e. The number of carbonyl (C=O) groups excluding carboxylic acids is 2. The maximum atomic E-state index is 12.6. The number of amides is 2. The lowest BCUT2D eigenvalue weighted by Gasteiger charge is -2.38. The Bertz CT molecular complexity index is 948. The van der Waals surface area contributed by atoms with E-state index in [0.29, 0.717) is 6.54 Å². The second kappa shape index (κ2) is 12.1. The summed E-state index contributed by atoms with van der Waals surface area (Å²) in [4.78, 5) is 39.3. The molecule has 1 aromatic rings. The van der Waals surface area contributed by atoms with Gasteiger partial charge >= 0.3 is 12.1 Å². The monoisotopic (exact) mass is 529 g/mol. The summed E-state index contributed by atoms with van der Waals surface area (Å²) in [5, 5.41) is 7.12. The van der Waals surface area contributed by atoms with Crippen molar-refractivity contribution in [2.45, 2.75) is 38.5 Å². The zero-order chi connectivity index (χ0) is 27.2. The largest absolute Gasteiger partial charge is 0.490 e. The number of benzene rings is 1. The molecule has 0 aromatic heterocycles. The van der Waals surface area contributed by atoms with Crippen molar-refractivity contribution in [1.29, 1.82) is 0 Å². The van der Waals surface area contributed by atoms with E-state index in [-0.39, 0.29) is 29.9 Å². The van der Waals surface area contributed by atoms with E-state index >= 15 is 0 Å². The van der Waals surface area contributed by atoms with Crippen molar-refractivity contribution >= 4 is 17.8 Å². The zero-order valence-electron chi connectivity index (χ0n) is 21.1. The van der Waals surface area contributed by atoms with E-state index in [1.807, 2.05) is 43.1 Å². The van der Waals surface area contributed by atoms with Crippen LogP contribution >= 0.6 is 0 Å². The van der Waals surface area contributed by atoms with Crippen LogP contribution in [0, 0.1) is 12.3 Å². The first-order valence-electron chi connectivity index (χ1n) is 12.2. The van der Waals surface area contributed by atoms with Crippen molar-refractivity contribution in [3.63, 3.8) is 0 Å². The molecule has 4 rings (SSSR count). The van der Waals surface area contributed by atoms with Crippen molar-refractivity contribution < 1.29 is 42.1 Å². The van der Waals surface area contributed by atoms with E-state index in [4.69, 9.17) is 19.4 Å². The molecule has 12 heteroatoms. The lowest BCUT2D eigenvalue weighted by atomic mass is 9.76. The van der Waals surface area contributed by atoms with Crippen LogP contribution in [-0.2, 0) is 19.1 Å². The van der Waals surface area contributed by atoms with Gasteiger partial charge in [-0.3, -0.25) is 14.5 Å². The Labute approximate surface area is 214 Å². The summed E-state index contributed by atoms with van der Waals surface area (Å²) in [7, 11) is 1.86. The molecular weight excluding hydrogens is 495 g/mol. The molecule has 1 atom stereocenters. The standard InChI is InChI=1S/C23H33N3O4.C2HF3O2/c1-18-3-5-19(6-4-18)29-16-22(28)26-9-7-23(8-10-26)13-20(30-17-23)14-25-12-11-24(2)21(27)15-25;3-2(4,5)1(6)7/h3-6,20H,7-17H2,1-2H3;(H,6,7). The smallest absolute Gasteiger partial charge is 0.484 e. The number of rotatable bonds is 5. The fourth-order valence-electron chi connectivity index (χ4n) is 4.71. The third kappa shape index (κ3) is 8.32. The Morgan fingerprint density at radius 3 is 2.32 bits per heavy atom. The number of hydrogen-bond acceptors (Lipinski definition) is 6. The van der Waals surface area contributed by atoms with Crippen LogP contribution in [0.25, 0.3) is 0 Å². The molecule has 3 fully saturated rings. The number of carboxylic acid groups (broad SMARTS) is 1. The van der Waals surface area contributed by atoms with Crippen LogP contribution in [0.5, 0.6) is 5.75 Å². The van der Waals surface area contributed by atoms with Gasteiger partial charge < -0.3 is 24.4 Å². The predicted octanol–water partition coefficient (Wildman–Crippen LogP) is 2.18. The van der Waals surface area contributed by atoms with Crippen LogP contribution in [0.15, 0.2) is 24.3 Å². The second-order valence-corrected chi connectivity index (χ2v) is 9.97. The molecule has 1 unspecified atom stereocenters. The zero-order valence-corrected chi connectivity index (χ0v) is 21.1. The first kappa shape index (κ1) is 28.7. The lowest BCUT2D eigenvalue weighted by molar-refractivity contribution is -0.192. The minimum absolute atomic E-state index is 0.0526. The molecule has 1 spiro atoms. The Balaban J connectivity index is 0.000000479. The fourth-order valence-corrected chi connectivity index (χ4v) is 4.71. The summed E-state index contributed by atoms with van der Waals surface area (Å²) in [5.74, 6) is -1.78. The average Bonchev–Trinajstić information content (AvgIpc) is 3.22. The fraction of sp³-hybridized carbons (Fsp3) is 0.640. The number of hydrogen-bond donors (Lipinski definition) is 1. The molecule has 0 radical (unpaired) electrons. The number of aryl methyl sites for hydroxylation is 1. The second-order valence-electron chi connectivity index (χ2n) is 9.97. The number of alkyl halides is 3. The molecule has 3 aliphatic rings. The molecule has 1 N–H and O–H groups in total. The molecule has 0 saturated carbocycles. The number of likely N-dealkylation sites (N-methyl/N-ethyl adjacent to an activating group) is 1. The van der Waals surface area contributed by atoms with E-state index < -0.39 is 12.1 Å². The summed E-state index contributed by atoms with van der Waals surface area (Å²) < 4.78 is 43.5. The van der Waals surface area contributed by atoms with Gasteiger partial charge in [-0.1, -0.05) is 17.7 Å². The predicted molar refractivity (Wildman–Crippen MR) is 127 cm³/mol. The highest BCUT2D eigenvalue weighted by molar-refractivity contribution is 5.78. The van der Waals surface area contributed by atoms with E-state index in [1.165, 1.54) is 5.56 Å². The molecular formula is C25H34F3N3O6. The SMILES string of the molecule is Cc1ccc(OCC(=O)N2CCC3(CC2)COC(CN2CCN(C)C(=O)C2)C3)cc1.O=C(O)C(F)(F)F. The van der Waals surface area contributed by atoms with Crippen molar-refractivity contribution in [3.05, 3.63) is 29.8 Å². The van der Waals surface area contributed by atoms with Crippen molar-refractivity contribution in [2.75, 3.05) is 59.5 Å². The van der Waals surface area contributed by atoms with Crippen LogP contribution in [0.3, 0.4) is 0 Å². The highest BCUT2D eigenvalue weighted by atomic mass is 19.4. The summed E-state index contributed by atoms with van der Waals surface area (Å²) >= 11 is 0. The molecule has 206 valence electrons. The normalized spacial score (nSPS) is 22.0. The third-order valence-electron chi connectivity index (χ3n) is 7.09. The number of halogens is 3. The molecule has 9 nitrogen and oxygen atoms in total. The topological polar surface area (TPSA) is 99.6 Å². The van der Waals surface area contributed by atoms with Gasteiger partial charge in [0.25, 0.3) is 5.91 Å². The van der Waals surface area contributed by atoms with Crippen LogP contribution in [0.2, 0.25) is 0 Å². The van der Waals surface area contributed by atoms with Crippen molar-refractivity contribution in [1.82, 2.24) is 14.7 Å². The van der Waals surface area contributed by atoms with Crippen LogP contribution in [0.1, 0.15) is 24.8 Å². The lowest BCUT2D eigenvalue weighted by Crippen LogP contribution is -2.50. The molecule has 1 aromatic carbocycles. The highest BCUT2D eigenvalue weighted by Crippen LogP contribution is 2.42. The molecule has 0 bridgehead atoms. The number of aliphatic carboxylic acids is 1. The summed E-state index contributed by atoms with van der Waals surface area (Å²) in [5.41, 5.74) is 1.35. The quantitative estimate of drug-likeness (QED) is 0.624. The first-order valence-corrected chi connectivity index (χ1v) is 12.2. The van der Waals surface area contributed by atoms with Crippen molar-refractivity contribution in [2.24, 2.45) is 5.41 Å². The number of carbonyl (C=O) groups is 3. The van der Waals surface area contributed by atoms with E-state index in [2.05, 4.69) is 4.90 Å². The molecule has 2 amide bonds. The Morgan fingerprint density at radius 2 is 1.76 bits per heavy atom. The van der Waals surface area contributed by atoms with Crippen LogP contribution in [0.4, 0.5) is 13.2 Å². The molecule has 3 saturated heterocycles. The van der Waals surface area contributed by atoms with Gasteiger partial charge in [-0.25, -0.2) is 4.79 Å². The van der Waals surface area contributed by atoms with E-state index in [0.717, 1.165) is 64.3 Å². The summed E-state index contributed by atoms with van der Waals surface area (Å²) in [6.45, 7) is 7.43. The number of likely N-dealkylation sites (tertiary alicyclic amines) is 1. The molecule has 3 aliphatic heterocycles. The van der Waals surface area contributed by atoms with Crippen molar-refractivity contribution in [3.8, 4) is 5.75 Å². The van der Waals surface area contributed by atoms with Gasteiger partial charge in [0, 0.05) is 39.8 Å². The summed E-state index contributed by atoms with van der Waals surface area (Å²) in [6.07, 6.45) is -1.92. The van der Waals surface area contributed by atoms with Crippen LogP contribution in [-0.4, -0.2) is 109 Å². The first-order chi connectivity index (χ1) is 17.4. The number of carboxylic acids is 1. The van der Waals surface area contributed by atoms with Gasteiger partial charge in [0.1, 0.15) is 5.75 Å². The number of piperazine rings is 1. The molecule has 0 aliphatic carbocycles. The number of nitrogens with zero attached hydrogens (tertiary/aromatic N) is 3. The van der Waals surface area contributed by atoms with Gasteiger partial charge in [0.2, 0.25) is 5.91 Å². The van der Waals surface area contributed by atoms with Crippen LogP contribution < -0.4 is 4.74 Å². The maximum Gasteiger partial charge on any atom is 0.490 e. The Kier molecular flexibility index (Phi) is 9.41. The highest BCUT2D eigenvalue weighted by Gasteiger charge is 2.43. The minimum atomic E-state index is -5.08. The Morgan fingerprint density at radius 1 is 1.14 bits per heavy atom. The van der Waals surface area contributed by atoms with Gasteiger partial charge in [-0.05, 0) is 43.7 Å². The maximum absolute atomic E-state index is 12.6. The third-order valence-corrected chi connectivity index (χ3v) is 7.09. The van der Waals surface area contributed by atoms with Gasteiger partial charge in [-0.2, -0.15) is 13.2 Å². The Hall–Kier alpha value is -2.86. The van der Waals surface area contributed by atoms with Gasteiger partial charge in [0.15, 0.2) is 6.61 Å². The molecule has 3 heterocycles. The van der Waals surface area contributed by atoms with E-state index in [1.54, 1.807) is 4.90 Å². The summed E-state index contributed by atoms with van der Waals surface area (Å²) in [6, 6.07) is 7.77.